The van der Waals surface area contributed by atoms with Gasteiger partial charge in [-0.25, -0.2) is 4.79 Å². The molecule has 3 fully saturated rings. The lowest BCUT2D eigenvalue weighted by Gasteiger charge is -2.31. The van der Waals surface area contributed by atoms with Gasteiger partial charge in [-0.3, -0.25) is 14.4 Å². The summed E-state index contributed by atoms with van der Waals surface area (Å²) in [7, 11) is 0. The van der Waals surface area contributed by atoms with Crippen LogP contribution in [0.25, 0.3) is 0 Å². The molecule has 7 nitrogen and oxygen atoms in total. The average Bonchev–Trinajstić information content (AvgIpc) is 3.02. The number of carbonyl (C=O) groups excluding carboxylic acids is 2. The van der Waals surface area contributed by atoms with Gasteiger partial charge in [0.1, 0.15) is 0 Å². The van der Waals surface area contributed by atoms with E-state index in [1.807, 2.05) is 6.92 Å². The first-order valence-electron chi connectivity index (χ1n) is 8.60. The topological polar surface area (TPSA) is 83.1 Å². The Balaban J connectivity index is 1.54. The molecule has 2 aliphatic heterocycles. The monoisotopic (exact) mass is 327 g/mol. The number of hydroxylamine groups is 1. The number of ether oxygens (including phenoxy) is 3. The Bertz CT molecular complexity index is 461. The first kappa shape index (κ1) is 16.7. The number of hydrogen-bond acceptors (Lipinski definition) is 7. The Hall–Kier alpha value is -1.18. The molecule has 0 aromatic rings. The Morgan fingerprint density at radius 3 is 2.87 bits per heavy atom. The Morgan fingerprint density at radius 1 is 1.35 bits per heavy atom. The normalized spacial score (nSPS) is 32.4. The van der Waals surface area contributed by atoms with E-state index < -0.39 is 17.5 Å². The van der Waals surface area contributed by atoms with Crippen molar-refractivity contribution in [2.24, 2.45) is 0 Å². The van der Waals surface area contributed by atoms with E-state index in [9.17, 15) is 9.59 Å². The number of nitrogens with one attached hydrogen (secondary N) is 1. The number of hydrogen-bond donors (Lipinski definition) is 1. The van der Waals surface area contributed by atoms with Gasteiger partial charge in [0.25, 0.3) is 5.79 Å². The van der Waals surface area contributed by atoms with Crippen molar-refractivity contribution in [1.29, 1.82) is 0 Å². The summed E-state index contributed by atoms with van der Waals surface area (Å²) in [4.78, 5) is 29.5. The first-order chi connectivity index (χ1) is 11.1. The maximum Gasteiger partial charge on any atom is 0.371 e. The zero-order valence-electron chi connectivity index (χ0n) is 13.6. The minimum atomic E-state index is -1.41. The predicted molar refractivity (Wildman–Crippen MR) is 78.8 cm³/mol. The lowest BCUT2D eigenvalue weighted by molar-refractivity contribution is -0.270. The Labute approximate surface area is 135 Å². The zero-order chi connectivity index (χ0) is 16.3. The fourth-order valence-corrected chi connectivity index (χ4v) is 3.38. The van der Waals surface area contributed by atoms with Crippen molar-refractivity contribution in [3.05, 3.63) is 0 Å². The van der Waals surface area contributed by atoms with Crippen molar-refractivity contribution in [2.75, 3.05) is 6.61 Å². The second kappa shape index (κ2) is 6.75. The molecule has 1 aliphatic carbocycles. The number of rotatable bonds is 5. The quantitative estimate of drug-likeness (QED) is 0.610. The van der Waals surface area contributed by atoms with E-state index in [-0.39, 0.29) is 24.9 Å². The molecule has 0 aromatic heterocycles. The highest BCUT2D eigenvalue weighted by atomic mass is 16.9. The maximum absolute atomic E-state index is 12.3. The summed E-state index contributed by atoms with van der Waals surface area (Å²) >= 11 is 0. The molecule has 130 valence electrons. The molecule has 0 radical (unpaired) electrons. The lowest BCUT2D eigenvalue weighted by atomic mass is 9.94. The SMILES string of the molecule is CCCCOC(=O)C[C@@H]1CC2(ON1)OC1(CCCCC1)OC2=O. The molecule has 0 aromatic carbocycles. The number of carbonyl (C=O) groups is 2. The third-order valence-electron chi connectivity index (χ3n) is 4.64. The van der Waals surface area contributed by atoms with Crippen molar-refractivity contribution in [2.45, 2.75) is 82.3 Å². The molecule has 23 heavy (non-hydrogen) atoms. The first-order valence-corrected chi connectivity index (χ1v) is 8.60. The van der Waals surface area contributed by atoms with Crippen LogP contribution in [0.3, 0.4) is 0 Å². The van der Waals surface area contributed by atoms with Crippen LogP contribution in [0.15, 0.2) is 0 Å². The van der Waals surface area contributed by atoms with Crippen LogP contribution in [0, 0.1) is 0 Å². The van der Waals surface area contributed by atoms with Crippen molar-refractivity contribution in [3.8, 4) is 0 Å². The highest BCUT2D eigenvalue weighted by Crippen LogP contribution is 2.46. The van der Waals surface area contributed by atoms with E-state index in [2.05, 4.69) is 5.48 Å². The minimum absolute atomic E-state index is 0.148. The lowest BCUT2D eigenvalue weighted by Crippen LogP contribution is -2.39. The molecule has 1 N–H and O–H groups in total. The summed E-state index contributed by atoms with van der Waals surface area (Å²) < 4.78 is 16.6. The van der Waals surface area contributed by atoms with Gasteiger partial charge in [-0.2, -0.15) is 5.48 Å². The standard InChI is InChI=1S/C16H25NO6/c1-2-3-9-20-13(18)10-12-11-16(23-17-12)14(19)21-15(22-16)7-5-4-6-8-15/h12,17H,2-11H2,1H3/t12-,16?/m1/s1. The van der Waals surface area contributed by atoms with Crippen molar-refractivity contribution in [1.82, 2.24) is 5.48 Å². The van der Waals surface area contributed by atoms with Crippen molar-refractivity contribution >= 4 is 11.9 Å². The molecule has 2 spiro atoms. The molecule has 3 rings (SSSR count). The van der Waals surface area contributed by atoms with Crippen LogP contribution >= 0.6 is 0 Å². The molecule has 0 bridgehead atoms. The molecular formula is C16H25NO6. The van der Waals surface area contributed by atoms with E-state index in [4.69, 9.17) is 19.0 Å². The van der Waals surface area contributed by atoms with E-state index in [0.29, 0.717) is 19.4 Å². The van der Waals surface area contributed by atoms with Gasteiger partial charge in [-0.15, -0.1) is 0 Å². The second-order valence-electron chi connectivity index (χ2n) is 6.61. The van der Waals surface area contributed by atoms with Crippen LogP contribution in [0.2, 0.25) is 0 Å². The summed E-state index contributed by atoms with van der Waals surface area (Å²) in [6, 6.07) is -0.310. The van der Waals surface area contributed by atoms with Crippen LogP contribution in [0.1, 0.15) is 64.7 Å². The number of unbranched alkanes of at least 4 members (excludes halogenated alkanes) is 1. The summed E-state index contributed by atoms with van der Waals surface area (Å²) in [5.41, 5.74) is 2.74. The van der Waals surface area contributed by atoms with Crippen LogP contribution in [0.5, 0.6) is 0 Å². The van der Waals surface area contributed by atoms with Gasteiger partial charge in [0.2, 0.25) is 5.79 Å². The van der Waals surface area contributed by atoms with Gasteiger partial charge in [-0.1, -0.05) is 19.8 Å². The second-order valence-corrected chi connectivity index (χ2v) is 6.61. The molecule has 1 unspecified atom stereocenters. The van der Waals surface area contributed by atoms with Gasteiger partial charge in [-0.05, 0) is 19.3 Å². The Kier molecular flexibility index (Phi) is 4.89. The van der Waals surface area contributed by atoms with Crippen LogP contribution in [-0.2, 0) is 28.6 Å². The van der Waals surface area contributed by atoms with E-state index in [0.717, 1.165) is 32.1 Å². The van der Waals surface area contributed by atoms with Gasteiger partial charge < -0.3 is 9.47 Å². The molecule has 2 heterocycles. The van der Waals surface area contributed by atoms with Gasteiger partial charge >= 0.3 is 11.9 Å². The maximum atomic E-state index is 12.3. The van der Waals surface area contributed by atoms with E-state index in [1.165, 1.54) is 0 Å². The van der Waals surface area contributed by atoms with Gasteiger partial charge in [0.15, 0.2) is 0 Å². The van der Waals surface area contributed by atoms with E-state index >= 15 is 0 Å². The minimum Gasteiger partial charge on any atom is -0.466 e. The zero-order valence-corrected chi connectivity index (χ0v) is 13.6. The average molecular weight is 327 g/mol. The smallest absolute Gasteiger partial charge is 0.371 e. The Morgan fingerprint density at radius 2 is 2.13 bits per heavy atom. The van der Waals surface area contributed by atoms with Crippen molar-refractivity contribution < 1.29 is 28.6 Å². The molecule has 2 saturated heterocycles. The van der Waals surface area contributed by atoms with Crippen LogP contribution in [0.4, 0.5) is 0 Å². The molecule has 2 atom stereocenters. The van der Waals surface area contributed by atoms with Crippen LogP contribution in [-0.4, -0.2) is 36.2 Å². The predicted octanol–water partition coefficient (Wildman–Crippen LogP) is 1.94. The van der Waals surface area contributed by atoms with E-state index in [1.54, 1.807) is 0 Å². The van der Waals surface area contributed by atoms with Gasteiger partial charge in [0.05, 0.1) is 13.0 Å². The van der Waals surface area contributed by atoms with Gasteiger partial charge in [0, 0.05) is 25.3 Å². The third-order valence-corrected chi connectivity index (χ3v) is 4.64. The third kappa shape index (κ3) is 3.51. The molecule has 1 saturated carbocycles. The molecular weight excluding hydrogens is 302 g/mol. The summed E-state index contributed by atoms with van der Waals surface area (Å²) in [6.45, 7) is 2.46. The van der Waals surface area contributed by atoms with Crippen LogP contribution < -0.4 is 5.48 Å². The fourth-order valence-electron chi connectivity index (χ4n) is 3.38. The molecule has 3 aliphatic rings. The largest absolute Gasteiger partial charge is 0.466 e. The number of esters is 2. The molecule has 7 heteroatoms. The molecule has 0 amide bonds. The summed E-state index contributed by atoms with van der Waals surface area (Å²) in [6.07, 6.45) is 6.72. The van der Waals surface area contributed by atoms with Crippen molar-refractivity contribution in [3.63, 3.8) is 0 Å². The fraction of sp³-hybridized carbons (Fsp3) is 0.875. The summed E-state index contributed by atoms with van der Waals surface area (Å²) in [5, 5.41) is 0. The highest BCUT2D eigenvalue weighted by molar-refractivity contribution is 5.80. The highest BCUT2D eigenvalue weighted by Gasteiger charge is 2.63. The summed E-state index contributed by atoms with van der Waals surface area (Å²) in [5.74, 6) is -3.04.